The molecule has 0 aliphatic carbocycles. The predicted octanol–water partition coefficient (Wildman–Crippen LogP) is 2.15. The number of piperazine rings is 1. The molecule has 0 bridgehead atoms. The molecule has 1 N–H and O–H groups in total. The molecule has 2 amide bonds. The SMILES string of the molecule is O=CN1CCN(C(=O)c2ccnc(Nc3ccccc3C(F)(F)F)n2)CC1. The lowest BCUT2D eigenvalue weighted by atomic mass is 10.1. The van der Waals surface area contributed by atoms with E-state index in [1.165, 1.54) is 35.4 Å². The first-order chi connectivity index (χ1) is 12.9. The molecule has 0 atom stereocenters. The average Bonchev–Trinajstić information content (AvgIpc) is 2.67. The van der Waals surface area contributed by atoms with Crippen LogP contribution in [-0.2, 0) is 11.0 Å². The van der Waals surface area contributed by atoms with E-state index in [0.717, 1.165) is 12.5 Å². The molecule has 3 rings (SSSR count). The second kappa shape index (κ2) is 7.60. The molecule has 0 radical (unpaired) electrons. The van der Waals surface area contributed by atoms with Crippen molar-refractivity contribution in [3.05, 3.63) is 47.8 Å². The van der Waals surface area contributed by atoms with Gasteiger partial charge in [0.2, 0.25) is 12.4 Å². The van der Waals surface area contributed by atoms with Crippen molar-refractivity contribution in [1.29, 1.82) is 0 Å². The number of nitrogens with zero attached hydrogens (tertiary/aromatic N) is 4. The van der Waals surface area contributed by atoms with Crippen molar-refractivity contribution >= 4 is 24.0 Å². The fraction of sp³-hybridized carbons (Fsp3) is 0.294. The van der Waals surface area contributed by atoms with Gasteiger partial charge in [0.15, 0.2) is 0 Å². The van der Waals surface area contributed by atoms with Crippen molar-refractivity contribution in [2.45, 2.75) is 6.18 Å². The molecule has 1 aliphatic rings. The summed E-state index contributed by atoms with van der Waals surface area (Å²) < 4.78 is 39.3. The van der Waals surface area contributed by atoms with Crippen LogP contribution in [0.4, 0.5) is 24.8 Å². The quantitative estimate of drug-likeness (QED) is 0.824. The molecule has 27 heavy (non-hydrogen) atoms. The maximum atomic E-state index is 13.1. The van der Waals surface area contributed by atoms with Gasteiger partial charge in [-0.1, -0.05) is 12.1 Å². The third-order valence-electron chi connectivity index (χ3n) is 4.10. The van der Waals surface area contributed by atoms with E-state index < -0.39 is 11.7 Å². The maximum absolute atomic E-state index is 13.1. The summed E-state index contributed by atoms with van der Waals surface area (Å²) in [4.78, 5) is 34.3. The van der Waals surface area contributed by atoms with E-state index in [1.807, 2.05) is 0 Å². The lowest BCUT2D eigenvalue weighted by Gasteiger charge is -2.32. The fourth-order valence-electron chi connectivity index (χ4n) is 2.69. The molecule has 0 spiro atoms. The second-order valence-electron chi connectivity index (χ2n) is 5.87. The van der Waals surface area contributed by atoms with E-state index in [-0.39, 0.29) is 23.2 Å². The third-order valence-corrected chi connectivity index (χ3v) is 4.10. The number of para-hydroxylation sites is 1. The Kier molecular flexibility index (Phi) is 5.24. The van der Waals surface area contributed by atoms with Crippen LogP contribution in [0.15, 0.2) is 36.5 Å². The molecule has 1 saturated heterocycles. The Morgan fingerprint density at radius 3 is 2.48 bits per heavy atom. The fourth-order valence-corrected chi connectivity index (χ4v) is 2.69. The molecule has 1 aliphatic heterocycles. The van der Waals surface area contributed by atoms with E-state index in [1.54, 1.807) is 4.90 Å². The first-order valence-corrected chi connectivity index (χ1v) is 8.13. The number of halogens is 3. The van der Waals surface area contributed by atoms with Gasteiger partial charge in [-0.15, -0.1) is 0 Å². The van der Waals surface area contributed by atoms with E-state index in [9.17, 15) is 22.8 Å². The number of carbonyl (C=O) groups excluding carboxylic acids is 2. The Balaban J connectivity index is 1.77. The molecule has 1 aromatic heterocycles. The number of rotatable bonds is 4. The van der Waals surface area contributed by atoms with Crippen LogP contribution in [0.3, 0.4) is 0 Å². The number of alkyl halides is 3. The van der Waals surface area contributed by atoms with E-state index in [4.69, 9.17) is 0 Å². The van der Waals surface area contributed by atoms with Gasteiger partial charge >= 0.3 is 6.18 Å². The Bertz CT molecular complexity index is 835. The van der Waals surface area contributed by atoms with Gasteiger partial charge in [0.25, 0.3) is 5.91 Å². The first-order valence-electron chi connectivity index (χ1n) is 8.13. The minimum atomic E-state index is -4.53. The van der Waals surface area contributed by atoms with Crippen LogP contribution in [0, 0.1) is 0 Å². The summed E-state index contributed by atoms with van der Waals surface area (Å²) in [6.45, 7) is 1.57. The van der Waals surface area contributed by atoms with Crippen LogP contribution in [-0.4, -0.2) is 58.3 Å². The maximum Gasteiger partial charge on any atom is 0.418 e. The minimum Gasteiger partial charge on any atom is -0.342 e. The Morgan fingerprint density at radius 1 is 1.11 bits per heavy atom. The number of hydrogen-bond acceptors (Lipinski definition) is 5. The number of carbonyl (C=O) groups is 2. The Labute approximate surface area is 152 Å². The average molecular weight is 379 g/mol. The number of benzene rings is 1. The molecule has 2 aromatic rings. The largest absolute Gasteiger partial charge is 0.418 e. The van der Waals surface area contributed by atoms with Crippen LogP contribution in [0.5, 0.6) is 0 Å². The van der Waals surface area contributed by atoms with Gasteiger partial charge in [-0.05, 0) is 18.2 Å². The molecule has 142 valence electrons. The number of hydrogen-bond donors (Lipinski definition) is 1. The van der Waals surface area contributed by atoms with Gasteiger partial charge in [-0.3, -0.25) is 9.59 Å². The number of aromatic nitrogens is 2. The number of anilines is 2. The van der Waals surface area contributed by atoms with E-state index in [0.29, 0.717) is 26.2 Å². The summed E-state index contributed by atoms with van der Waals surface area (Å²) in [5.74, 6) is -0.473. The molecule has 1 aromatic carbocycles. The zero-order chi connectivity index (χ0) is 19.4. The van der Waals surface area contributed by atoms with Crippen LogP contribution in [0.25, 0.3) is 0 Å². The molecule has 2 heterocycles. The van der Waals surface area contributed by atoms with Crippen molar-refractivity contribution in [3.8, 4) is 0 Å². The molecule has 1 fully saturated rings. The molecule has 0 unspecified atom stereocenters. The highest BCUT2D eigenvalue weighted by atomic mass is 19.4. The minimum absolute atomic E-state index is 0.0662. The monoisotopic (exact) mass is 379 g/mol. The summed E-state index contributed by atoms with van der Waals surface area (Å²) in [5, 5.41) is 2.53. The van der Waals surface area contributed by atoms with Gasteiger partial charge in [-0.25, -0.2) is 9.97 Å². The van der Waals surface area contributed by atoms with Crippen molar-refractivity contribution in [2.75, 3.05) is 31.5 Å². The summed E-state index contributed by atoms with van der Waals surface area (Å²) in [5.41, 5.74) is -0.985. The van der Waals surface area contributed by atoms with E-state index >= 15 is 0 Å². The van der Waals surface area contributed by atoms with Crippen molar-refractivity contribution in [2.24, 2.45) is 0 Å². The third kappa shape index (κ3) is 4.33. The van der Waals surface area contributed by atoms with Crippen LogP contribution >= 0.6 is 0 Å². The molecule has 7 nitrogen and oxygen atoms in total. The Hall–Kier alpha value is -3.17. The number of nitrogens with one attached hydrogen (secondary N) is 1. The predicted molar refractivity (Wildman–Crippen MR) is 90.3 cm³/mol. The summed E-state index contributed by atoms with van der Waals surface area (Å²) in [6.07, 6.45) is -2.50. The van der Waals surface area contributed by atoms with Crippen molar-refractivity contribution in [3.63, 3.8) is 0 Å². The van der Waals surface area contributed by atoms with Crippen LogP contribution < -0.4 is 5.32 Å². The zero-order valence-electron chi connectivity index (χ0n) is 14.1. The first kappa shape index (κ1) is 18.6. The summed E-state index contributed by atoms with van der Waals surface area (Å²) in [6, 6.07) is 6.35. The highest BCUT2D eigenvalue weighted by molar-refractivity contribution is 5.92. The zero-order valence-corrected chi connectivity index (χ0v) is 14.1. The lowest BCUT2D eigenvalue weighted by molar-refractivity contribution is -0.137. The summed E-state index contributed by atoms with van der Waals surface area (Å²) in [7, 11) is 0. The van der Waals surface area contributed by atoms with Gasteiger partial charge < -0.3 is 15.1 Å². The number of amides is 2. The molecule has 0 saturated carbocycles. The highest BCUT2D eigenvalue weighted by Gasteiger charge is 2.33. The van der Waals surface area contributed by atoms with Gasteiger partial charge in [0.05, 0.1) is 11.3 Å². The van der Waals surface area contributed by atoms with Gasteiger partial charge in [-0.2, -0.15) is 13.2 Å². The smallest absolute Gasteiger partial charge is 0.342 e. The standard InChI is InChI=1S/C17H16F3N5O2/c18-17(19,20)12-3-1-2-4-13(12)22-16-21-6-5-14(23-16)15(27)25-9-7-24(11-26)8-10-25/h1-6,11H,7-10H2,(H,21,22,23). The van der Waals surface area contributed by atoms with Gasteiger partial charge in [0, 0.05) is 32.4 Å². The normalized spacial score (nSPS) is 14.8. The van der Waals surface area contributed by atoms with Gasteiger partial charge in [0.1, 0.15) is 5.69 Å². The lowest BCUT2D eigenvalue weighted by Crippen LogP contribution is -2.48. The second-order valence-corrected chi connectivity index (χ2v) is 5.87. The van der Waals surface area contributed by atoms with E-state index in [2.05, 4.69) is 15.3 Å². The van der Waals surface area contributed by atoms with Crippen LogP contribution in [0.2, 0.25) is 0 Å². The Morgan fingerprint density at radius 2 is 1.81 bits per heavy atom. The highest BCUT2D eigenvalue weighted by Crippen LogP contribution is 2.35. The molecular formula is C17H16F3N5O2. The molecule has 10 heteroatoms. The van der Waals surface area contributed by atoms with Crippen LogP contribution in [0.1, 0.15) is 16.1 Å². The molecular weight excluding hydrogens is 363 g/mol. The van der Waals surface area contributed by atoms with Crippen molar-refractivity contribution in [1.82, 2.24) is 19.8 Å². The summed E-state index contributed by atoms with van der Waals surface area (Å²) >= 11 is 0. The topological polar surface area (TPSA) is 78.4 Å². The van der Waals surface area contributed by atoms with Crippen molar-refractivity contribution < 1.29 is 22.8 Å².